The van der Waals surface area contributed by atoms with Crippen LogP contribution in [0.25, 0.3) is 0 Å². The van der Waals surface area contributed by atoms with E-state index in [0.29, 0.717) is 12.8 Å². The lowest BCUT2D eigenvalue weighted by atomic mass is 9.82. The molecule has 0 saturated carbocycles. The Labute approximate surface area is 99.8 Å². The van der Waals surface area contributed by atoms with Crippen molar-refractivity contribution in [3.8, 4) is 0 Å². The predicted molar refractivity (Wildman–Crippen MR) is 67.4 cm³/mol. The molecule has 0 heterocycles. The smallest absolute Gasteiger partial charge is 0.143 e. The summed E-state index contributed by atoms with van der Waals surface area (Å²) in [6.07, 6.45) is 6.45. The molecule has 94 valence electrons. The van der Waals surface area contributed by atoms with Crippen LogP contribution in [0.1, 0.15) is 66.2 Å². The molecule has 1 unspecified atom stereocenters. The lowest BCUT2D eigenvalue weighted by molar-refractivity contribution is -0.128. The molecule has 0 amide bonds. The van der Waals surface area contributed by atoms with E-state index in [2.05, 4.69) is 27.7 Å². The summed E-state index contributed by atoms with van der Waals surface area (Å²) in [4.78, 5) is 22.7. The molecule has 0 saturated heterocycles. The minimum absolute atomic E-state index is 0.0463. The first-order valence-corrected chi connectivity index (χ1v) is 6.38. The third-order valence-electron chi connectivity index (χ3n) is 2.69. The molecule has 0 spiro atoms. The third-order valence-corrected chi connectivity index (χ3v) is 2.69. The van der Waals surface area contributed by atoms with Gasteiger partial charge in [0.2, 0.25) is 0 Å². The van der Waals surface area contributed by atoms with Gasteiger partial charge in [0, 0.05) is 6.42 Å². The summed E-state index contributed by atoms with van der Waals surface area (Å²) in [5.74, 6) is -0.261. The number of carbonyl (C=O) groups is 2. The predicted octanol–water partition coefficient (Wildman–Crippen LogP) is 3.78. The fraction of sp³-hybridized carbons (Fsp3) is 0.857. The Morgan fingerprint density at radius 2 is 1.81 bits per heavy atom. The quantitative estimate of drug-likeness (QED) is 0.358. The lowest BCUT2D eigenvalue weighted by Crippen LogP contribution is -2.22. The van der Waals surface area contributed by atoms with Gasteiger partial charge in [-0.25, -0.2) is 0 Å². The van der Waals surface area contributed by atoms with Gasteiger partial charge in [-0.05, 0) is 18.3 Å². The summed E-state index contributed by atoms with van der Waals surface area (Å²) in [5.41, 5.74) is 0.0463. The average Bonchev–Trinajstić information content (AvgIpc) is 2.19. The van der Waals surface area contributed by atoms with Crippen LogP contribution in [0.4, 0.5) is 0 Å². The first kappa shape index (κ1) is 15.3. The van der Waals surface area contributed by atoms with Gasteiger partial charge in [-0.15, -0.1) is 0 Å². The second-order valence-corrected chi connectivity index (χ2v) is 5.78. The molecule has 16 heavy (non-hydrogen) atoms. The minimum Gasteiger partial charge on any atom is -0.303 e. The van der Waals surface area contributed by atoms with Crippen molar-refractivity contribution in [2.24, 2.45) is 11.3 Å². The van der Waals surface area contributed by atoms with E-state index < -0.39 is 0 Å². The molecule has 0 radical (unpaired) electrons. The van der Waals surface area contributed by atoms with E-state index in [1.54, 1.807) is 0 Å². The monoisotopic (exact) mass is 226 g/mol. The van der Waals surface area contributed by atoms with Crippen LogP contribution in [0, 0.1) is 11.3 Å². The highest BCUT2D eigenvalue weighted by Crippen LogP contribution is 2.25. The Balaban J connectivity index is 3.97. The topological polar surface area (TPSA) is 34.1 Å². The van der Waals surface area contributed by atoms with Crippen LogP contribution in [-0.2, 0) is 9.59 Å². The number of carbonyl (C=O) groups excluding carboxylic acids is 2. The Hall–Kier alpha value is -0.660. The Morgan fingerprint density at radius 3 is 2.25 bits per heavy atom. The van der Waals surface area contributed by atoms with Gasteiger partial charge in [-0.1, -0.05) is 47.0 Å². The van der Waals surface area contributed by atoms with E-state index in [0.717, 1.165) is 19.1 Å². The zero-order valence-corrected chi connectivity index (χ0v) is 11.2. The summed E-state index contributed by atoms with van der Waals surface area (Å²) in [6, 6.07) is 0. The first-order valence-electron chi connectivity index (χ1n) is 6.38. The summed E-state index contributed by atoms with van der Waals surface area (Å²) in [6.45, 7) is 8.34. The number of rotatable bonds is 8. The van der Waals surface area contributed by atoms with E-state index in [9.17, 15) is 9.59 Å². The highest BCUT2D eigenvalue weighted by atomic mass is 16.1. The second-order valence-electron chi connectivity index (χ2n) is 5.78. The van der Waals surface area contributed by atoms with Crippen molar-refractivity contribution in [1.82, 2.24) is 0 Å². The van der Waals surface area contributed by atoms with E-state index >= 15 is 0 Å². The van der Waals surface area contributed by atoms with Crippen molar-refractivity contribution in [2.75, 3.05) is 0 Å². The Kier molecular flexibility index (Phi) is 7.27. The van der Waals surface area contributed by atoms with Crippen LogP contribution < -0.4 is 0 Å². The second kappa shape index (κ2) is 7.59. The lowest BCUT2D eigenvalue weighted by Gasteiger charge is -2.21. The number of Topliss-reactive ketones (excluding diaryl/α,β-unsaturated/α-hetero) is 1. The molecule has 2 nitrogen and oxygen atoms in total. The molecule has 0 rings (SSSR count). The molecule has 0 aliphatic rings. The molecule has 0 aliphatic heterocycles. The zero-order valence-electron chi connectivity index (χ0n) is 11.2. The van der Waals surface area contributed by atoms with Gasteiger partial charge in [-0.2, -0.15) is 0 Å². The van der Waals surface area contributed by atoms with E-state index in [4.69, 9.17) is 0 Å². The largest absolute Gasteiger partial charge is 0.303 e. The van der Waals surface area contributed by atoms with Crippen LogP contribution in [0.15, 0.2) is 0 Å². The van der Waals surface area contributed by atoms with Crippen molar-refractivity contribution in [3.05, 3.63) is 0 Å². The molecule has 0 aromatic rings. The molecular formula is C14H26O2. The summed E-state index contributed by atoms with van der Waals surface area (Å²) < 4.78 is 0. The van der Waals surface area contributed by atoms with Crippen LogP contribution in [-0.4, -0.2) is 12.1 Å². The Morgan fingerprint density at radius 1 is 1.19 bits per heavy atom. The van der Waals surface area contributed by atoms with Gasteiger partial charge in [-0.3, -0.25) is 4.79 Å². The summed E-state index contributed by atoms with van der Waals surface area (Å²) in [5, 5.41) is 0. The zero-order chi connectivity index (χ0) is 12.6. The van der Waals surface area contributed by atoms with Crippen LogP contribution >= 0.6 is 0 Å². The SMILES string of the molecule is CCCCCCC(=O)C(C=O)CC(C)(C)C. The van der Waals surface area contributed by atoms with E-state index in [1.807, 2.05) is 0 Å². The minimum atomic E-state index is -0.387. The Bertz CT molecular complexity index is 213. The fourth-order valence-corrected chi connectivity index (χ4v) is 1.81. The number of hydrogen-bond donors (Lipinski definition) is 0. The molecule has 1 atom stereocenters. The van der Waals surface area contributed by atoms with Gasteiger partial charge in [0.05, 0.1) is 5.92 Å². The van der Waals surface area contributed by atoms with Gasteiger partial charge in [0.1, 0.15) is 12.1 Å². The number of unbranched alkanes of at least 4 members (excludes halogenated alkanes) is 3. The number of aldehydes is 1. The van der Waals surface area contributed by atoms with Gasteiger partial charge in [0.25, 0.3) is 0 Å². The van der Waals surface area contributed by atoms with Gasteiger partial charge >= 0.3 is 0 Å². The van der Waals surface area contributed by atoms with Crippen molar-refractivity contribution in [2.45, 2.75) is 66.2 Å². The molecular weight excluding hydrogens is 200 g/mol. The van der Waals surface area contributed by atoms with Crippen molar-refractivity contribution < 1.29 is 9.59 Å². The highest BCUT2D eigenvalue weighted by molar-refractivity contribution is 5.93. The van der Waals surface area contributed by atoms with Crippen LogP contribution in [0.3, 0.4) is 0 Å². The van der Waals surface area contributed by atoms with Crippen LogP contribution in [0.5, 0.6) is 0 Å². The van der Waals surface area contributed by atoms with E-state index in [1.165, 1.54) is 12.8 Å². The van der Waals surface area contributed by atoms with E-state index in [-0.39, 0.29) is 17.1 Å². The highest BCUT2D eigenvalue weighted by Gasteiger charge is 2.23. The standard InChI is InChI=1S/C14H26O2/c1-5-6-7-8-9-13(16)12(11-15)10-14(2,3)4/h11-12H,5-10H2,1-4H3. The molecule has 0 bridgehead atoms. The third kappa shape index (κ3) is 7.61. The maximum atomic E-state index is 11.8. The molecule has 2 heteroatoms. The summed E-state index contributed by atoms with van der Waals surface area (Å²) in [7, 11) is 0. The normalized spacial score (nSPS) is 13.5. The number of hydrogen-bond acceptors (Lipinski definition) is 2. The first-order chi connectivity index (χ1) is 7.40. The molecule has 0 fully saturated rings. The van der Waals surface area contributed by atoms with Gasteiger partial charge in [0.15, 0.2) is 0 Å². The fourth-order valence-electron chi connectivity index (χ4n) is 1.81. The van der Waals surface area contributed by atoms with Crippen molar-refractivity contribution in [1.29, 1.82) is 0 Å². The van der Waals surface area contributed by atoms with Crippen LogP contribution in [0.2, 0.25) is 0 Å². The molecule has 0 aromatic heterocycles. The molecule has 0 N–H and O–H groups in total. The number of ketones is 1. The van der Waals surface area contributed by atoms with Crippen molar-refractivity contribution in [3.63, 3.8) is 0 Å². The molecule has 0 aromatic carbocycles. The van der Waals surface area contributed by atoms with Crippen molar-refractivity contribution >= 4 is 12.1 Å². The maximum absolute atomic E-state index is 11.8. The molecule has 0 aliphatic carbocycles. The maximum Gasteiger partial charge on any atom is 0.143 e. The average molecular weight is 226 g/mol. The van der Waals surface area contributed by atoms with Gasteiger partial charge < -0.3 is 4.79 Å². The summed E-state index contributed by atoms with van der Waals surface area (Å²) >= 11 is 0.